The van der Waals surface area contributed by atoms with Gasteiger partial charge < -0.3 is 45.3 Å². The zero-order valence-electron chi connectivity index (χ0n) is 44.2. The molecule has 17 nitrogen and oxygen atoms in total. The largest absolute Gasteiger partial charge is 0.412 e. The molecule has 6 amide bonds. The van der Waals surface area contributed by atoms with E-state index in [4.69, 9.17) is 19.2 Å². The van der Waals surface area contributed by atoms with Crippen molar-refractivity contribution in [3.05, 3.63) is 81.8 Å². The summed E-state index contributed by atoms with van der Waals surface area (Å²) in [6, 6.07) is 14.1. The minimum Gasteiger partial charge on any atom is -0.410 e. The molecule has 1 fully saturated rings. The molecule has 2 heterocycles. The molecule has 18 heteroatoms. The molecule has 4 rings (SSSR count). The fourth-order valence-corrected chi connectivity index (χ4v) is 10.5. The molecule has 0 spiro atoms. The zero-order chi connectivity index (χ0) is 52.5. The van der Waals surface area contributed by atoms with Gasteiger partial charge in [-0.25, -0.2) is 9.78 Å². The Bertz CT molecular complexity index is 2180. The van der Waals surface area contributed by atoms with Crippen LogP contribution in [0.15, 0.2) is 60.0 Å². The van der Waals surface area contributed by atoms with Crippen molar-refractivity contribution in [3.63, 3.8) is 0 Å². The summed E-state index contributed by atoms with van der Waals surface area (Å²) in [6.07, 6.45) is 1.14. The molecular formula is C53H80N8O9S. The molecule has 0 bridgehead atoms. The molecule has 71 heavy (non-hydrogen) atoms. The second-order valence-corrected chi connectivity index (χ2v) is 20.5. The van der Waals surface area contributed by atoms with Gasteiger partial charge in [-0.05, 0) is 80.8 Å². The van der Waals surface area contributed by atoms with Crippen LogP contribution in [0.2, 0.25) is 0 Å². The average Bonchev–Trinajstić information content (AvgIpc) is 4.05. The van der Waals surface area contributed by atoms with Crippen molar-refractivity contribution in [1.29, 1.82) is 0 Å². The number of carbonyl (C=O) groups is 6. The van der Waals surface area contributed by atoms with E-state index in [2.05, 4.69) is 21.3 Å². The maximum Gasteiger partial charge on any atom is 0.412 e. The predicted octanol–water partition coefficient (Wildman–Crippen LogP) is 5.88. The Morgan fingerprint density at radius 1 is 0.859 bits per heavy atom. The molecule has 2 aromatic carbocycles. The first-order chi connectivity index (χ1) is 33.8. The third kappa shape index (κ3) is 16.0. The van der Waals surface area contributed by atoms with Crippen molar-refractivity contribution in [1.82, 2.24) is 41.0 Å². The first kappa shape index (κ1) is 58.1. The van der Waals surface area contributed by atoms with E-state index >= 15 is 0 Å². The summed E-state index contributed by atoms with van der Waals surface area (Å²) in [5.41, 5.74) is 2.15. The average molecular weight is 1010 g/mol. The lowest BCUT2D eigenvalue weighted by molar-refractivity contribution is -0.148. The van der Waals surface area contributed by atoms with Crippen LogP contribution < -0.4 is 26.0 Å². The molecule has 392 valence electrons. The highest BCUT2D eigenvalue weighted by Gasteiger charge is 2.43. The second-order valence-electron chi connectivity index (χ2n) is 19.6. The highest BCUT2D eigenvalue weighted by molar-refractivity contribution is 7.09. The summed E-state index contributed by atoms with van der Waals surface area (Å²) < 4.78 is 17.3. The SMILES string of the molecule is CC[C@H](C)[C@@H]([C@@H](CC(=O)N1CCC[C@H]1[C@H](OC)[C@@H](C)C(=O)N[C@@H](Cc1ccccc1)c1nc(C(=O)NCCc2ccc(OC(=O)NC)cc2)cs1)OC)N(C)C(=O)[C@@H](NC(=O)[C@H](C(C)C)N(C)C)C(C)C. The van der Waals surface area contributed by atoms with E-state index in [0.29, 0.717) is 49.5 Å². The van der Waals surface area contributed by atoms with Gasteiger partial charge in [-0.3, -0.25) is 28.9 Å². The predicted molar refractivity (Wildman–Crippen MR) is 276 cm³/mol. The van der Waals surface area contributed by atoms with Crippen molar-refractivity contribution < 1.29 is 43.0 Å². The van der Waals surface area contributed by atoms with E-state index in [0.717, 1.165) is 17.5 Å². The molecule has 4 N–H and O–H groups in total. The third-order valence-electron chi connectivity index (χ3n) is 13.6. The van der Waals surface area contributed by atoms with E-state index in [-0.39, 0.29) is 59.4 Å². The Morgan fingerprint density at radius 2 is 1.54 bits per heavy atom. The summed E-state index contributed by atoms with van der Waals surface area (Å²) >= 11 is 1.29. The standard InChI is InChI=1S/C53H80N8O9S/c1-14-34(6)46(60(11)52(66)44(32(2)3)58-50(65)45(33(4)5)59(9)10)42(68-12)30-43(62)61-28-18-21-41(61)47(69-13)35(7)48(63)56-39(29-37-19-16-15-17-20-37)51-57-40(31-71-51)49(64)55-27-26-36-22-24-38(25-23-36)70-53(67)54-8/h15-17,19-20,22-25,31-35,39,41-42,44-47H,14,18,21,26-30H2,1-13H3,(H,54,67)(H,55,64)(H,56,63)(H,58,65)/t34-,35+,39-,41-,42+,44-,45-,46-,47+/m0/s1. The van der Waals surface area contributed by atoms with Crippen LogP contribution in [0.5, 0.6) is 5.75 Å². The number of hydrogen-bond donors (Lipinski definition) is 4. The normalized spacial score (nSPS) is 17.1. The topological polar surface area (TPSA) is 201 Å². The van der Waals surface area contributed by atoms with Gasteiger partial charge in [0.1, 0.15) is 22.5 Å². The van der Waals surface area contributed by atoms with Crippen LogP contribution >= 0.6 is 11.3 Å². The Kier molecular flexibility index (Phi) is 22.9. The molecule has 0 radical (unpaired) electrons. The van der Waals surface area contributed by atoms with Crippen LogP contribution in [0.1, 0.15) is 107 Å². The fourth-order valence-electron chi connectivity index (χ4n) is 9.61. The van der Waals surface area contributed by atoms with E-state index in [9.17, 15) is 28.8 Å². The quantitative estimate of drug-likeness (QED) is 0.0749. The number of rotatable bonds is 26. The lowest BCUT2D eigenvalue weighted by Gasteiger charge is -2.41. The van der Waals surface area contributed by atoms with Crippen molar-refractivity contribution in [2.75, 3.05) is 55.5 Å². The maximum absolute atomic E-state index is 14.5. The first-order valence-electron chi connectivity index (χ1n) is 24.9. The number of nitrogens with one attached hydrogen (secondary N) is 4. The van der Waals surface area contributed by atoms with Gasteiger partial charge in [-0.2, -0.15) is 0 Å². The number of benzene rings is 2. The summed E-state index contributed by atoms with van der Waals surface area (Å²) in [5, 5.41) is 13.9. The van der Waals surface area contributed by atoms with Crippen LogP contribution in [0.3, 0.4) is 0 Å². The smallest absolute Gasteiger partial charge is 0.410 e. The number of methoxy groups -OCH3 is 2. The van der Waals surface area contributed by atoms with Crippen LogP contribution in [0.25, 0.3) is 0 Å². The molecule has 1 saturated heterocycles. The minimum absolute atomic E-state index is 0.00653. The summed E-state index contributed by atoms with van der Waals surface area (Å²) in [5.74, 6) is -1.77. The number of ether oxygens (including phenoxy) is 3. The Morgan fingerprint density at radius 3 is 2.11 bits per heavy atom. The Balaban J connectivity index is 1.47. The number of carbonyl (C=O) groups excluding carboxylic acids is 6. The molecule has 0 aliphatic carbocycles. The Hall–Kier alpha value is -5.43. The summed E-state index contributed by atoms with van der Waals surface area (Å²) in [7, 11) is 10.0. The highest BCUT2D eigenvalue weighted by Crippen LogP contribution is 2.31. The molecule has 1 aliphatic rings. The van der Waals surface area contributed by atoms with Gasteiger partial charge in [0.25, 0.3) is 5.91 Å². The number of likely N-dealkylation sites (tertiary alicyclic amines) is 1. The second kappa shape index (κ2) is 28.0. The van der Waals surface area contributed by atoms with Gasteiger partial charge in [-0.15, -0.1) is 11.3 Å². The van der Waals surface area contributed by atoms with Crippen LogP contribution in [-0.4, -0.2) is 147 Å². The van der Waals surface area contributed by atoms with Crippen LogP contribution in [-0.2, 0) is 41.5 Å². The van der Waals surface area contributed by atoms with Gasteiger partial charge in [-0.1, -0.05) is 97.4 Å². The number of hydrogen-bond acceptors (Lipinski definition) is 12. The van der Waals surface area contributed by atoms with E-state index < -0.39 is 54.4 Å². The molecule has 1 aliphatic heterocycles. The van der Waals surface area contributed by atoms with Gasteiger partial charge in [0.15, 0.2) is 0 Å². The number of likely N-dealkylation sites (N-methyl/N-ethyl adjacent to an activating group) is 2. The lowest BCUT2D eigenvalue weighted by atomic mass is 9.89. The minimum atomic E-state index is -0.789. The van der Waals surface area contributed by atoms with Gasteiger partial charge in [0.2, 0.25) is 23.6 Å². The first-order valence-corrected chi connectivity index (χ1v) is 25.8. The van der Waals surface area contributed by atoms with E-state index in [1.165, 1.54) is 18.4 Å². The van der Waals surface area contributed by atoms with Crippen LogP contribution in [0.4, 0.5) is 4.79 Å². The number of nitrogens with zero attached hydrogens (tertiary/aromatic N) is 4. The van der Waals surface area contributed by atoms with Gasteiger partial charge >= 0.3 is 6.09 Å². The number of aromatic nitrogens is 1. The van der Waals surface area contributed by atoms with Crippen LogP contribution in [0, 0.1) is 23.7 Å². The third-order valence-corrected chi connectivity index (χ3v) is 14.6. The molecular weight excluding hydrogens is 925 g/mol. The molecule has 0 saturated carbocycles. The number of amides is 6. The molecule has 9 atom stereocenters. The van der Waals surface area contributed by atoms with Gasteiger partial charge in [0, 0.05) is 46.8 Å². The lowest BCUT2D eigenvalue weighted by Crippen LogP contribution is -2.59. The highest BCUT2D eigenvalue weighted by atomic mass is 32.1. The summed E-state index contributed by atoms with van der Waals surface area (Å²) in [6.45, 7) is 14.5. The maximum atomic E-state index is 14.5. The van der Waals surface area contributed by atoms with Crippen molar-refractivity contribution in [3.8, 4) is 5.75 Å². The fraction of sp³-hybridized carbons (Fsp3) is 0.604. The molecule has 3 aromatic rings. The van der Waals surface area contributed by atoms with Crippen molar-refractivity contribution in [2.45, 2.75) is 129 Å². The Labute approximate surface area is 425 Å². The number of thiazole rings is 1. The summed E-state index contributed by atoms with van der Waals surface area (Å²) in [4.78, 5) is 91.7. The van der Waals surface area contributed by atoms with E-state index in [1.807, 2.05) is 103 Å². The molecule has 0 unspecified atom stereocenters. The monoisotopic (exact) mass is 1000 g/mol. The van der Waals surface area contributed by atoms with Crippen molar-refractivity contribution in [2.24, 2.45) is 23.7 Å². The van der Waals surface area contributed by atoms with Gasteiger partial charge in [0.05, 0.1) is 48.7 Å². The van der Waals surface area contributed by atoms with E-state index in [1.54, 1.807) is 55.5 Å². The molecule has 1 aromatic heterocycles. The van der Waals surface area contributed by atoms with Crippen molar-refractivity contribution >= 4 is 47.0 Å². The zero-order valence-corrected chi connectivity index (χ0v) is 45.0.